The van der Waals surface area contributed by atoms with Crippen molar-refractivity contribution in [3.63, 3.8) is 0 Å². The average molecular weight is 422 g/mol. The summed E-state index contributed by atoms with van der Waals surface area (Å²) in [5, 5.41) is 14.9. The van der Waals surface area contributed by atoms with Crippen molar-refractivity contribution >= 4 is 5.91 Å². The molecule has 1 atom stereocenters. The molecule has 0 fully saturated rings. The summed E-state index contributed by atoms with van der Waals surface area (Å²) in [6.07, 6.45) is 0. The highest BCUT2D eigenvalue weighted by Crippen LogP contribution is 2.36. The molecule has 2 N–H and O–H groups in total. The number of rotatable bonds is 6. The maximum Gasteiger partial charge on any atom is 0.251 e. The van der Waals surface area contributed by atoms with Crippen LogP contribution in [0, 0.1) is 6.92 Å². The van der Waals surface area contributed by atoms with Gasteiger partial charge in [0.15, 0.2) is 0 Å². The third-order valence-electron chi connectivity index (χ3n) is 5.87. The summed E-state index contributed by atoms with van der Waals surface area (Å²) in [4.78, 5) is 12.8. The van der Waals surface area contributed by atoms with Gasteiger partial charge in [0.2, 0.25) is 0 Å². The Kier molecular flexibility index (Phi) is 6.20. The van der Waals surface area contributed by atoms with Crippen molar-refractivity contribution in [2.75, 3.05) is 0 Å². The zero-order chi connectivity index (χ0) is 22.6. The fraction of sp³-hybridized carbons (Fsp3) is 0.138. The van der Waals surface area contributed by atoms with Gasteiger partial charge < -0.3 is 10.4 Å². The molecule has 4 aromatic carbocycles. The van der Waals surface area contributed by atoms with Crippen LogP contribution >= 0.6 is 0 Å². The Bertz CT molecular complexity index is 1130. The van der Waals surface area contributed by atoms with E-state index in [4.69, 9.17) is 0 Å². The standard InChI is InChI=1S/C29H27NO2/c1-21-13-15-23(16-14-21)22(2)30-28(31)24-17-19-27(20-18-24)29(32,25-9-5-3-6-10-25)26-11-7-4-8-12-26/h3-20,22,32H,1-2H3,(H,30,31). The number of aliphatic hydroxyl groups is 1. The minimum Gasteiger partial charge on any atom is -0.376 e. The predicted octanol–water partition coefficient (Wildman–Crippen LogP) is 5.77. The first kappa shape index (κ1) is 21.5. The van der Waals surface area contributed by atoms with E-state index in [0.717, 1.165) is 16.7 Å². The van der Waals surface area contributed by atoms with Gasteiger partial charge in [-0.2, -0.15) is 0 Å². The second kappa shape index (κ2) is 9.21. The van der Waals surface area contributed by atoms with Crippen molar-refractivity contribution in [3.8, 4) is 0 Å². The maximum absolute atomic E-state index is 12.8. The summed E-state index contributed by atoms with van der Waals surface area (Å²) < 4.78 is 0. The van der Waals surface area contributed by atoms with E-state index >= 15 is 0 Å². The predicted molar refractivity (Wildman–Crippen MR) is 128 cm³/mol. The van der Waals surface area contributed by atoms with E-state index in [9.17, 15) is 9.90 Å². The summed E-state index contributed by atoms with van der Waals surface area (Å²) in [5.41, 5.74) is 3.74. The zero-order valence-electron chi connectivity index (χ0n) is 18.3. The molecule has 0 aliphatic heterocycles. The van der Waals surface area contributed by atoms with E-state index < -0.39 is 5.60 Å². The van der Waals surface area contributed by atoms with Crippen molar-refractivity contribution < 1.29 is 9.90 Å². The molecular weight excluding hydrogens is 394 g/mol. The van der Waals surface area contributed by atoms with Crippen LogP contribution in [0.2, 0.25) is 0 Å². The Morgan fingerprint density at radius 1 is 0.719 bits per heavy atom. The van der Waals surface area contributed by atoms with Crippen LogP contribution in [0.5, 0.6) is 0 Å². The molecule has 3 heteroatoms. The summed E-state index contributed by atoms with van der Waals surface area (Å²) in [6.45, 7) is 4.02. The Hall–Kier alpha value is -3.69. The number of benzene rings is 4. The van der Waals surface area contributed by atoms with Crippen LogP contribution in [-0.2, 0) is 5.60 Å². The molecule has 1 amide bonds. The van der Waals surface area contributed by atoms with E-state index in [1.54, 1.807) is 12.1 Å². The molecule has 0 aromatic heterocycles. The van der Waals surface area contributed by atoms with Gasteiger partial charge in [-0.05, 0) is 48.2 Å². The first-order valence-corrected chi connectivity index (χ1v) is 10.8. The Morgan fingerprint density at radius 3 is 1.69 bits per heavy atom. The number of aryl methyl sites for hydroxylation is 1. The summed E-state index contributed by atoms with van der Waals surface area (Å²) in [6, 6.07) is 34.4. The average Bonchev–Trinajstić information content (AvgIpc) is 2.85. The fourth-order valence-electron chi connectivity index (χ4n) is 3.94. The number of amides is 1. The quantitative estimate of drug-likeness (QED) is 0.388. The molecule has 160 valence electrons. The van der Waals surface area contributed by atoms with E-state index in [1.807, 2.05) is 111 Å². The highest BCUT2D eigenvalue weighted by atomic mass is 16.3. The van der Waals surface area contributed by atoms with Crippen molar-refractivity contribution in [1.82, 2.24) is 5.32 Å². The van der Waals surface area contributed by atoms with Gasteiger partial charge in [-0.25, -0.2) is 0 Å². The molecule has 0 heterocycles. The molecule has 3 nitrogen and oxygen atoms in total. The van der Waals surface area contributed by atoms with Gasteiger partial charge >= 0.3 is 0 Å². The van der Waals surface area contributed by atoms with Crippen LogP contribution in [0.15, 0.2) is 109 Å². The van der Waals surface area contributed by atoms with E-state index in [-0.39, 0.29) is 11.9 Å². The third-order valence-corrected chi connectivity index (χ3v) is 5.87. The van der Waals surface area contributed by atoms with Crippen LogP contribution in [0.4, 0.5) is 0 Å². The van der Waals surface area contributed by atoms with Gasteiger partial charge in [-0.1, -0.05) is 103 Å². The minimum absolute atomic E-state index is 0.103. The Labute approximate surface area is 189 Å². The highest BCUT2D eigenvalue weighted by Gasteiger charge is 2.33. The molecule has 0 saturated carbocycles. The molecule has 4 rings (SSSR count). The lowest BCUT2D eigenvalue weighted by molar-refractivity contribution is 0.0939. The summed E-state index contributed by atoms with van der Waals surface area (Å²) >= 11 is 0. The van der Waals surface area contributed by atoms with E-state index in [1.165, 1.54) is 5.56 Å². The van der Waals surface area contributed by atoms with Gasteiger partial charge in [0, 0.05) is 5.56 Å². The van der Waals surface area contributed by atoms with Gasteiger partial charge in [0.25, 0.3) is 5.91 Å². The van der Waals surface area contributed by atoms with Crippen molar-refractivity contribution in [3.05, 3.63) is 143 Å². The Balaban J connectivity index is 1.61. The van der Waals surface area contributed by atoms with Gasteiger partial charge in [0.05, 0.1) is 6.04 Å². The zero-order valence-corrected chi connectivity index (χ0v) is 18.3. The lowest BCUT2D eigenvalue weighted by Gasteiger charge is -2.30. The van der Waals surface area contributed by atoms with Crippen molar-refractivity contribution in [1.29, 1.82) is 0 Å². The van der Waals surface area contributed by atoms with Crippen LogP contribution in [0.25, 0.3) is 0 Å². The lowest BCUT2D eigenvalue weighted by Crippen LogP contribution is -2.29. The van der Waals surface area contributed by atoms with E-state index in [0.29, 0.717) is 11.1 Å². The summed E-state index contributed by atoms with van der Waals surface area (Å²) in [7, 11) is 0. The molecule has 0 spiro atoms. The van der Waals surface area contributed by atoms with Crippen LogP contribution < -0.4 is 5.32 Å². The maximum atomic E-state index is 12.8. The number of hydrogen-bond donors (Lipinski definition) is 2. The smallest absolute Gasteiger partial charge is 0.251 e. The summed E-state index contributed by atoms with van der Waals surface area (Å²) in [5.74, 6) is -0.146. The lowest BCUT2D eigenvalue weighted by atomic mass is 9.80. The van der Waals surface area contributed by atoms with E-state index in [2.05, 4.69) is 5.32 Å². The first-order chi connectivity index (χ1) is 15.5. The second-order valence-electron chi connectivity index (χ2n) is 8.13. The van der Waals surface area contributed by atoms with Crippen LogP contribution in [0.3, 0.4) is 0 Å². The molecular formula is C29H27NO2. The molecule has 4 aromatic rings. The Morgan fingerprint density at radius 2 is 1.19 bits per heavy atom. The number of hydrogen-bond acceptors (Lipinski definition) is 2. The normalized spacial score (nSPS) is 12.2. The molecule has 32 heavy (non-hydrogen) atoms. The second-order valence-corrected chi connectivity index (χ2v) is 8.13. The molecule has 0 radical (unpaired) electrons. The van der Waals surface area contributed by atoms with Crippen molar-refractivity contribution in [2.24, 2.45) is 0 Å². The van der Waals surface area contributed by atoms with Gasteiger partial charge in [-0.15, -0.1) is 0 Å². The van der Waals surface area contributed by atoms with Crippen LogP contribution in [0.1, 0.15) is 51.1 Å². The van der Waals surface area contributed by atoms with Gasteiger partial charge in [0.1, 0.15) is 5.60 Å². The first-order valence-electron chi connectivity index (χ1n) is 10.8. The fourth-order valence-corrected chi connectivity index (χ4v) is 3.94. The highest BCUT2D eigenvalue weighted by molar-refractivity contribution is 5.94. The minimum atomic E-state index is -1.31. The third kappa shape index (κ3) is 4.34. The van der Waals surface area contributed by atoms with Crippen molar-refractivity contribution in [2.45, 2.75) is 25.5 Å². The molecule has 1 unspecified atom stereocenters. The van der Waals surface area contributed by atoms with Gasteiger partial charge in [-0.3, -0.25) is 4.79 Å². The number of carbonyl (C=O) groups is 1. The SMILES string of the molecule is Cc1ccc(C(C)NC(=O)c2ccc(C(O)(c3ccccc3)c3ccccc3)cc2)cc1. The monoisotopic (exact) mass is 421 g/mol. The molecule has 0 aliphatic rings. The molecule has 0 bridgehead atoms. The largest absolute Gasteiger partial charge is 0.376 e. The number of nitrogens with one attached hydrogen (secondary N) is 1. The molecule has 0 aliphatic carbocycles. The number of carbonyl (C=O) groups excluding carboxylic acids is 1. The van der Waals surface area contributed by atoms with Crippen LogP contribution in [-0.4, -0.2) is 11.0 Å². The molecule has 0 saturated heterocycles. The topological polar surface area (TPSA) is 49.3 Å².